The first-order valence-electron chi connectivity index (χ1n) is 6.88. The third-order valence-electron chi connectivity index (χ3n) is 3.61. The Morgan fingerprint density at radius 3 is 2.95 bits per heavy atom. The van der Waals surface area contributed by atoms with Crippen LogP contribution in [0.3, 0.4) is 0 Å². The average Bonchev–Trinajstić information content (AvgIpc) is 2.90. The van der Waals surface area contributed by atoms with Gasteiger partial charge in [-0.15, -0.1) is 0 Å². The summed E-state index contributed by atoms with van der Waals surface area (Å²) < 4.78 is 0.825. The number of carbonyl (C=O) groups excluding carboxylic acids is 1. The predicted octanol–water partition coefficient (Wildman–Crippen LogP) is 2.05. The second kappa shape index (κ2) is 6.54. The van der Waals surface area contributed by atoms with Crippen LogP contribution >= 0.6 is 15.9 Å². The van der Waals surface area contributed by atoms with Gasteiger partial charge in [0.05, 0.1) is 5.56 Å². The van der Waals surface area contributed by atoms with Crippen molar-refractivity contribution in [2.24, 2.45) is 0 Å². The van der Waals surface area contributed by atoms with E-state index in [2.05, 4.69) is 45.2 Å². The Morgan fingerprint density at radius 2 is 2.35 bits per heavy atom. The molecule has 1 aromatic rings. The zero-order chi connectivity index (χ0) is 14.7. The summed E-state index contributed by atoms with van der Waals surface area (Å²) in [5.74, 6) is 0.716. The molecule has 110 valence electrons. The van der Waals surface area contributed by atoms with Crippen LogP contribution in [0.4, 0.5) is 5.82 Å². The third-order valence-corrected chi connectivity index (χ3v) is 4.04. The first kappa shape index (κ1) is 15.3. The molecule has 1 unspecified atom stereocenters. The first-order chi connectivity index (χ1) is 9.52. The number of aromatic nitrogens is 1. The number of hydrogen-bond donors (Lipinski definition) is 1. The van der Waals surface area contributed by atoms with Gasteiger partial charge in [0.25, 0.3) is 5.91 Å². The minimum absolute atomic E-state index is 0.0547. The van der Waals surface area contributed by atoms with Gasteiger partial charge < -0.3 is 15.1 Å². The van der Waals surface area contributed by atoms with Crippen LogP contribution in [0.15, 0.2) is 16.7 Å². The summed E-state index contributed by atoms with van der Waals surface area (Å²) in [7, 11) is 4.12. The van der Waals surface area contributed by atoms with Gasteiger partial charge in [-0.2, -0.15) is 0 Å². The zero-order valence-corrected chi connectivity index (χ0v) is 13.8. The Hall–Kier alpha value is -1.14. The summed E-state index contributed by atoms with van der Waals surface area (Å²) in [5, 5.41) is 3.15. The van der Waals surface area contributed by atoms with Crippen LogP contribution in [0.5, 0.6) is 0 Å². The molecule has 5 nitrogen and oxygen atoms in total. The fourth-order valence-electron chi connectivity index (χ4n) is 2.43. The number of halogens is 1. The smallest absolute Gasteiger partial charge is 0.257 e. The highest BCUT2D eigenvalue weighted by Crippen LogP contribution is 2.22. The van der Waals surface area contributed by atoms with E-state index in [0.29, 0.717) is 17.4 Å². The highest BCUT2D eigenvalue weighted by molar-refractivity contribution is 9.10. The number of amides is 1. The molecule has 20 heavy (non-hydrogen) atoms. The van der Waals surface area contributed by atoms with Crippen LogP contribution in [0.25, 0.3) is 0 Å². The Bertz CT molecular complexity index is 492. The molecule has 1 atom stereocenters. The normalized spacial score (nSPS) is 18.6. The molecule has 0 aromatic carbocycles. The molecule has 1 amide bonds. The summed E-state index contributed by atoms with van der Waals surface area (Å²) in [6.45, 7) is 4.33. The highest BCUT2D eigenvalue weighted by atomic mass is 79.9. The summed E-state index contributed by atoms with van der Waals surface area (Å²) >= 11 is 3.39. The van der Waals surface area contributed by atoms with E-state index >= 15 is 0 Å². The van der Waals surface area contributed by atoms with Crippen LogP contribution in [-0.2, 0) is 0 Å². The second-order valence-corrected chi connectivity index (χ2v) is 6.15. The van der Waals surface area contributed by atoms with Crippen molar-refractivity contribution in [3.63, 3.8) is 0 Å². The molecule has 6 heteroatoms. The van der Waals surface area contributed by atoms with E-state index < -0.39 is 0 Å². The lowest BCUT2D eigenvalue weighted by Crippen LogP contribution is -2.34. The van der Waals surface area contributed by atoms with Gasteiger partial charge in [0.15, 0.2) is 0 Å². The third kappa shape index (κ3) is 3.30. The van der Waals surface area contributed by atoms with E-state index in [0.717, 1.165) is 30.5 Å². The highest BCUT2D eigenvalue weighted by Gasteiger charge is 2.29. The molecule has 0 aliphatic carbocycles. The number of nitrogens with zero attached hydrogens (tertiary/aromatic N) is 3. The zero-order valence-electron chi connectivity index (χ0n) is 12.2. The van der Waals surface area contributed by atoms with Crippen molar-refractivity contribution in [1.29, 1.82) is 0 Å². The standard InChI is InChI=1S/C14H21BrN4O/c1-4-16-13-12(7-10(15)8-17-13)14(20)19-6-5-11(9-19)18(2)3/h7-8,11H,4-6,9H2,1-3H3,(H,16,17). The quantitative estimate of drug-likeness (QED) is 0.911. The minimum atomic E-state index is 0.0547. The van der Waals surface area contributed by atoms with Gasteiger partial charge in [-0.25, -0.2) is 4.98 Å². The lowest BCUT2D eigenvalue weighted by atomic mass is 10.2. The van der Waals surface area contributed by atoms with Crippen LogP contribution in [-0.4, -0.2) is 60.5 Å². The molecular weight excluding hydrogens is 320 g/mol. The predicted molar refractivity (Wildman–Crippen MR) is 84.1 cm³/mol. The fraction of sp³-hybridized carbons (Fsp3) is 0.571. The number of rotatable bonds is 4. The maximum atomic E-state index is 12.7. The molecule has 2 heterocycles. The Kier molecular flexibility index (Phi) is 4.99. The van der Waals surface area contributed by atoms with Gasteiger partial charge in [-0.1, -0.05) is 0 Å². The van der Waals surface area contributed by atoms with Crippen LogP contribution in [0.1, 0.15) is 23.7 Å². The van der Waals surface area contributed by atoms with Crippen molar-refractivity contribution < 1.29 is 4.79 Å². The number of likely N-dealkylation sites (tertiary alicyclic amines) is 1. The lowest BCUT2D eigenvalue weighted by molar-refractivity contribution is 0.0783. The van der Waals surface area contributed by atoms with E-state index in [-0.39, 0.29) is 5.91 Å². The Balaban J connectivity index is 2.19. The van der Waals surface area contributed by atoms with Crippen molar-refractivity contribution in [2.45, 2.75) is 19.4 Å². The molecule has 1 aliphatic heterocycles. The molecule has 1 saturated heterocycles. The molecule has 0 radical (unpaired) electrons. The summed E-state index contributed by atoms with van der Waals surface area (Å²) in [6, 6.07) is 2.29. The van der Waals surface area contributed by atoms with Crippen molar-refractivity contribution >= 4 is 27.7 Å². The molecule has 2 rings (SSSR count). The van der Waals surface area contributed by atoms with Gasteiger partial charge in [-0.05, 0) is 49.4 Å². The second-order valence-electron chi connectivity index (χ2n) is 5.24. The van der Waals surface area contributed by atoms with E-state index in [9.17, 15) is 4.79 Å². The van der Waals surface area contributed by atoms with E-state index in [1.807, 2.05) is 17.9 Å². The average molecular weight is 341 g/mol. The van der Waals surface area contributed by atoms with E-state index in [4.69, 9.17) is 0 Å². The van der Waals surface area contributed by atoms with E-state index in [1.165, 1.54) is 0 Å². The summed E-state index contributed by atoms with van der Waals surface area (Å²) in [4.78, 5) is 21.1. The van der Waals surface area contributed by atoms with Gasteiger partial charge >= 0.3 is 0 Å². The number of carbonyl (C=O) groups is 1. The maximum Gasteiger partial charge on any atom is 0.257 e. The van der Waals surface area contributed by atoms with Gasteiger partial charge in [0.2, 0.25) is 0 Å². The van der Waals surface area contributed by atoms with Crippen molar-refractivity contribution in [3.05, 3.63) is 22.3 Å². The largest absolute Gasteiger partial charge is 0.370 e. The molecule has 0 saturated carbocycles. The summed E-state index contributed by atoms with van der Waals surface area (Å²) in [6.07, 6.45) is 2.73. The van der Waals surface area contributed by atoms with Gasteiger partial charge in [-0.3, -0.25) is 4.79 Å². The molecule has 1 fully saturated rings. The van der Waals surface area contributed by atoms with E-state index in [1.54, 1.807) is 6.20 Å². The minimum Gasteiger partial charge on any atom is -0.370 e. The lowest BCUT2D eigenvalue weighted by Gasteiger charge is -2.21. The molecule has 0 bridgehead atoms. The number of anilines is 1. The first-order valence-corrected chi connectivity index (χ1v) is 7.67. The Morgan fingerprint density at radius 1 is 1.60 bits per heavy atom. The van der Waals surface area contributed by atoms with Crippen LogP contribution < -0.4 is 5.32 Å². The number of pyridine rings is 1. The monoisotopic (exact) mass is 340 g/mol. The van der Waals surface area contributed by atoms with Crippen LogP contribution in [0, 0.1) is 0 Å². The molecular formula is C14H21BrN4O. The summed E-state index contributed by atoms with van der Waals surface area (Å²) in [5.41, 5.74) is 0.639. The Labute approximate surface area is 128 Å². The number of nitrogens with one attached hydrogen (secondary N) is 1. The number of hydrogen-bond acceptors (Lipinski definition) is 4. The fourth-order valence-corrected chi connectivity index (χ4v) is 2.76. The number of likely N-dealkylation sites (N-methyl/N-ethyl adjacent to an activating group) is 1. The van der Waals surface area contributed by atoms with Crippen molar-refractivity contribution in [2.75, 3.05) is 39.0 Å². The van der Waals surface area contributed by atoms with Crippen LogP contribution in [0.2, 0.25) is 0 Å². The maximum absolute atomic E-state index is 12.7. The molecule has 0 spiro atoms. The van der Waals surface area contributed by atoms with Gasteiger partial charge in [0.1, 0.15) is 5.82 Å². The molecule has 1 N–H and O–H groups in total. The van der Waals surface area contributed by atoms with Crippen molar-refractivity contribution in [1.82, 2.24) is 14.8 Å². The van der Waals surface area contributed by atoms with Gasteiger partial charge in [0, 0.05) is 36.3 Å². The SMILES string of the molecule is CCNc1ncc(Br)cc1C(=O)N1CCC(N(C)C)C1. The topological polar surface area (TPSA) is 48.5 Å². The van der Waals surface area contributed by atoms with Crippen molar-refractivity contribution in [3.8, 4) is 0 Å². The molecule has 1 aromatic heterocycles. The molecule has 1 aliphatic rings.